The van der Waals surface area contributed by atoms with Crippen LogP contribution in [0.25, 0.3) is 5.57 Å². The van der Waals surface area contributed by atoms with E-state index in [9.17, 15) is 10.1 Å². The number of aryl methyl sites for hydroxylation is 1. The number of rotatable bonds is 5. The summed E-state index contributed by atoms with van der Waals surface area (Å²) < 4.78 is 2.05. The molecule has 1 aliphatic rings. The van der Waals surface area contributed by atoms with E-state index in [1.165, 1.54) is 5.56 Å². The molecule has 5 nitrogen and oxygen atoms in total. The monoisotopic (exact) mass is 388 g/mol. The molecule has 1 N–H and O–H groups in total. The highest BCUT2D eigenvalue weighted by Crippen LogP contribution is 2.33. The quantitative estimate of drug-likeness (QED) is 0.473. The van der Waals surface area contributed by atoms with E-state index >= 15 is 0 Å². The van der Waals surface area contributed by atoms with Gasteiger partial charge < -0.3 is 5.32 Å². The molecule has 148 valence electrons. The van der Waals surface area contributed by atoms with Gasteiger partial charge in [-0.25, -0.2) is 4.58 Å². The Bertz CT molecular complexity index is 1040. The summed E-state index contributed by atoms with van der Waals surface area (Å²) >= 11 is 0. The van der Waals surface area contributed by atoms with Gasteiger partial charge in [-0.2, -0.15) is 0 Å². The second-order valence-electron chi connectivity index (χ2n) is 7.30. The summed E-state index contributed by atoms with van der Waals surface area (Å²) in [5.41, 5.74) is 7.32. The second kappa shape index (κ2) is 8.80. The summed E-state index contributed by atoms with van der Waals surface area (Å²) in [5, 5.41) is 14.5. The molecule has 0 radical (unpaired) electrons. The second-order valence-corrected chi connectivity index (χ2v) is 7.30. The molecule has 0 bridgehead atoms. The molecular weight excluding hydrogens is 362 g/mol. The fourth-order valence-corrected chi connectivity index (χ4v) is 3.39. The minimum Gasteiger partial charge on any atom is -0.316 e. The lowest BCUT2D eigenvalue weighted by atomic mass is 9.88. The fourth-order valence-electron chi connectivity index (χ4n) is 3.39. The van der Waals surface area contributed by atoms with E-state index in [0.717, 1.165) is 40.1 Å². The standard InChI is InChI=1S/C24H26N3O2/c1-17-5-12-22(27(28)29)15-23(17)24(19-8-6-18(7-9-19)16-25-2)20-10-13-21(14-11-20)26(3)4/h5-15,25H,16H2,1-4H3/q+1. The van der Waals surface area contributed by atoms with Gasteiger partial charge >= 0.3 is 0 Å². The van der Waals surface area contributed by atoms with Crippen molar-refractivity contribution in [1.82, 2.24) is 5.32 Å². The Kier molecular flexibility index (Phi) is 6.20. The Balaban J connectivity index is 2.21. The molecule has 0 heterocycles. The third kappa shape index (κ3) is 4.58. The molecule has 0 aromatic heterocycles. The van der Waals surface area contributed by atoms with E-state index in [0.29, 0.717) is 0 Å². The maximum Gasteiger partial charge on any atom is 0.270 e. The van der Waals surface area contributed by atoms with Crippen molar-refractivity contribution in [2.75, 3.05) is 21.1 Å². The van der Waals surface area contributed by atoms with Gasteiger partial charge in [-0.3, -0.25) is 10.1 Å². The van der Waals surface area contributed by atoms with Crippen LogP contribution < -0.4 is 5.32 Å². The van der Waals surface area contributed by atoms with Gasteiger partial charge in [-0.1, -0.05) is 30.3 Å². The van der Waals surface area contributed by atoms with E-state index in [2.05, 4.69) is 58.5 Å². The van der Waals surface area contributed by atoms with Gasteiger partial charge in [0.05, 0.1) is 4.92 Å². The summed E-state index contributed by atoms with van der Waals surface area (Å²) in [6.07, 6.45) is 8.28. The number of benzene rings is 2. The van der Waals surface area contributed by atoms with Crippen molar-refractivity contribution >= 4 is 17.0 Å². The number of non-ortho nitro benzene ring substituents is 1. The molecule has 0 amide bonds. The first-order valence-electron chi connectivity index (χ1n) is 9.54. The predicted molar refractivity (Wildman–Crippen MR) is 118 cm³/mol. The summed E-state index contributed by atoms with van der Waals surface area (Å²) in [5.74, 6) is 0. The zero-order valence-corrected chi connectivity index (χ0v) is 17.3. The maximum absolute atomic E-state index is 11.4. The summed E-state index contributed by atoms with van der Waals surface area (Å²) in [7, 11) is 5.93. The molecule has 0 aliphatic heterocycles. The van der Waals surface area contributed by atoms with Crippen LogP contribution in [0.2, 0.25) is 0 Å². The lowest BCUT2D eigenvalue weighted by molar-refractivity contribution is -0.462. The normalized spacial score (nSPS) is 13.0. The summed E-state index contributed by atoms with van der Waals surface area (Å²) in [4.78, 5) is 11.0. The van der Waals surface area contributed by atoms with E-state index in [1.54, 1.807) is 12.1 Å². The lowest BCUT2D eigenvalue weighted by Crippen LogP contribution is -2.10. The zero-order valence-electron chi connectivity index (χ0n) is 17.3. The highest BCUT2D eigenvalue weighted by Gasteiger charge is 2.17. The molecule has 1 aliphatic carbocycles. The highest BCUT2D eigenvalue weighted by molar-refractivity contribution is 6.04. The van der Waals surface area contributed by atoms with Crippen LogP contribution in [0, 0.1) is 17.0 Å². The molecule has 0 saturated carbocycles. The van der Waals surface area contributed by atoms with E-state index < -0.39 is 0 Å². The first kappa shape index (κ1) is 20.4. The molecule has 0 unspecified atom stereocenters. The Morgan fingerprint density at radius 3 is 2.21 bits per heavy atom. The van der Waals surface area contributed by atoms with Crippen LogP contribution in [0.15, 0.2) is 72.3 Å². The van der Waals surface area contributed by atoms with Crippen LogP contribution in [-0.2, 0) is 6.54 Å². The number of hydrogen-bond acceptors (Lipinski definition) is 3. The average molecular weight is 388 g/mol. The van der Waals surface area contributed by atoms with Crippen molar-refractivity contribution < 1.29 is 9.50 Å². The molecule has 0 spiro atoms. The highest BCUT2D eigenvalue weighted by atomic mass is 16.6. The van der Waals surface area contributed by atoms with Crippen LogP contribution in [-0.4, -0.2) is 36.4 Å². The summed E-state index contributed by atoms with van der Waals surface area (Å²) in [6, 6.07) is 13.4. The van der Waals surface area contributed by atoms with Gasteiger partial charge in [-0.05, 0) is 59.5 Å². The van der Waals surface area contributed by atoms with Crippen molar-refractivity contribution in [2.45, 2.75) is 13.5 Å². The smallest absolute Gasteiger partial charge is 0.270 e. The number of nitro groups is 1. The van der Waals surface area contributed by atoms with Crippen molar-refractivity contribution in [1.29, 1.82) is 0 Å². The Morgan fingerprint density at radius 1 is 1.00 bits per heavy atom. The van der Waals surface area contributed by atoms with Crippen LogP contribution in [0.5, 0.6) is 0 Å². The third-order valence-corrected chi connectivity index (χ3v) is 5.00. The van der Waals surface area contributed by atoms with Gasteiger partial charge in [0.15, 0.2) is 5.71 Å². The van der Waals surface area contributed by atoms with Crippen molar-refractivity contribution in [3.8, 4) is 0 Å². The minimum absolute atomic E-state index is 0.0971. The number of hydrogen-bond donors (Lipinski definition) is 1. The molecule has 0 fully saturated rings. The molecule has 3 rings (SSSR count). The molecular formula is C24H26N3O2+. The maximum atomic E-state index is 11.4. The van der Waals surface area contributed by atoms with Gasteiger partial charge in [0, 0.05) is 30.8 Å². The SMILES string of the molecule is CNCc1ccc(C(=C2C=CC(=[N+](C)C)C=C2)c2cc([N+](=O)[O-])ccc2C)cc1. The van der Waals surface area contributed by atoms with Crippen LogP contribution in [0.3, 0.4) is 0 Å². The van der Waals surface area contributed by atoms with Crippen LogP contribution in [0.1, 0.15) is 22.3 Å². The van der Waals surface area contributed by atoms with Crippen molar-refractivity contribution in [2.24, 2.45) is 0 Å². The van der Waals surface area contributed by atoms with Crippen LogP contribution in [0.4, 0.5) is 5.69 Å². The minimum atomic E-state index is -0.342. The zero-order chi connectivity index (χ0) is 21.0. The Hall–Kier alpha value is -3.31. The number of nitrogens with zero attached hydrogens (tertiary/aromatic N) is 2. The van der Waals surface area contributed by atoms with Crippen molar-refractivity contribution in [3.05, 3.63) is 105 Å². The molecule has 0 atom stereocenters. The molecule has 5 heteroatoms. The first-order valence-corrected chi connectivity index (χ1v) is 9.54. The molecule has 2 aromatic carbocycles. The molecule has 2 aromatic rings. The first-order chi connectivity index (χ1) is 13.9. The topological polar surface area (TPSA) is 58.2 Å². The Labute approximate surface area is 171 Å². The predicted octanol–water partition coefficient (Wildman–Crippen LogP) is 4.26. The van der Waals surface area contributed by atoms with Gasteiger partial charge in [-0.15, -0.1) is 0 Å². The molecule has 29 heavy (non-hydrogen) atoms. The Morgan fingerprint density at radius 2 is 1.66 bits per heavy atom. The molecule has 0 saturated heterocycles. The number of allylic oxidation sites excluding steroid dienone is 5. The van der Waals surface area contributed by atoms with Gasteiger partial charge in [0.2, 0.25) is 0 Å². The van der Waals surface area contributed by atoms with Crippen molar-refractivity contribution in [3.63, 3.8) is 0 Å². The lowest BCUT2D eigenvalue weighted by Gasteiger charge is -2.16. The van der Waals surface area contributed by atoms with E-state index in [1.807, 2.05) is 34.1 Å². The fraction of sp³-hybridized carbons (Fsp3) is 0.208. The van der Waals surface area contributed by atoms with Crippen LogP contribution >= 0.6 is 0 Å². The number of nitro benzene ring substituents is 1. The van der Waals surface area contributed by atoms with Gasteiger partial charge in [0.25, 0.3) is 5.69 Å². The third-order valence-electron chi connectivity index (χ3n) is 5.00. The van der Waals surface area contributed by atoms with E-state index in [-0.39, 0.29) is 10.6 Å². The van der Waals surface area contributed by atoms with Gasteiger partial charge in [0.1, 0.15) is 14.1 Å². The van der Waals surface area contributed by atoms with E-state index in [4.69, 9.17) is 0 Å². The number of nitrogens with one attached hydrogen (secondary N) is 1. The summed E-state index contributed by atoms with van der Waals surface area (Å²) in [6.45, 7) is 2.78. The average Bonchev–Trinajstić information content (AvgIpc) is 2.71. The largest absolute Gasteiger partial charge is 0.316 e.